The Hall–Kier alpha value is -3.07. The van der Waals surface area contributed by atoms with Gasteiger partial charge in [0.2, 0.25) is 21.8 Å². The van der Waals surface area contributed by atoms with Crippen LogP contribution >= 0.6 is 0 Å². The van der Waals surface area contributed by atoms with Gasteiger partial charge in [0.1, 0.15) is 18.3 Å². The number of hydrogen-bond donors (Lipinski definition) is 1. The molecule has 0 aliphatic carbocycles. The molecule has 0 heterocycles. The van der Waals surface area contributed by atoms with E-state index in [-0.39, 0.29) is 18.5 Å². The third-order valence-electron chi connectivity index (χ3n) is 6.42. The average molecular weight is 518 g/mol. The second-order valence-corrected chi connectivity index (χ2v) is 11.0. The number of aryl methyl sites for hydroxylation is 1. The number of nitrogens with one attached hydrogen (secondary N) is 1. The van der Waals surface area contributed by atoms with Gasteiger partial charge in [-0.25, -0.2) is 8.42 Å². The predicted molar refractivity (Wildman–Crippen MR) is 144 cm³/mol. The molecule has 0 fully saturated rings. The number of ether oxygens (including phenoxy) is 1. The van der Waals surface area contributed by atoms with Gasteiger partial charge >= 0.3 is 0 Å². The van der Waals surface area contributed by atoms with Gasteiger partial charge in [-0.05, 0) is 68.5 Å². The summed E-state index contributed by atoms with van der Waals surface area (Å²) in [4.78, 5) is 28.4. The number of anilines is 1. The Morgan fingerprint density at radius 2 is 1.67 bits per heavy atom. The van der Waals surface area contributed by atoms with Crippen molar-refractivity contribution in [3.63, 3.8) is 0 Å². The van der Waals surface area contributed by atoms with Crippen LogP contribution in [0.2, 0.25) is 0 Å². The number of nitrogens with zero attached hydrogens (tertiary/aromatic N) is 2. The summed E-state index contributed by atoms with van der Waals surface area (Å²) in [5.41, 5.74) is 2.95. The molecule has 0 aliphatic rings. The van der Waals surface area contributed by atoms with E-state index in [4.69, 9.17) is 4.74 Å². The summed E-state index contributed by atoms with van der Waals surface area (Å²) in [6.07, 6.45) is 2.22. The molecule has 0 saturated carbocycles. The molecular weight excluding hydrogens is 478 g/mol. The summed E-state index contributed by atoms with van der Waals surface area (Å²) in [6.45, 7) is 9.19. The molecule has 8 nitrogen and oxygen atoms in total. The summed E-state index contributed by atoms with van der Waals surface area (Å²) in [5.74, 6) is -0.0361. The van der Waals surface area contributed by atoms with Crippen molar-refractivity contribution >= 4 is 27.5 Å². The van der Waals surface area contributed by atoms with Crippen LogP contribution in [0.25, 0.3) is 0 Å². The number of carbonyl (C=O) groups is 2. The Bertz CT molecular complexity index is 1150. The molecule has 0 bridgehead atoms. The third-order valence-corrected chi connectivity index (χ3v) is 7.55. The molecule has 0 aliphatic heterocycles. The lowest BCUT2D eigenvalue weighted by Gasteiger charge is -2.33. The normalized spacial score (nSPS) is 13.0. The van der Waals surface area contributed by atoms with Gasteiger partial charge in [-0.1, -0.05) is 38.1 Å². The van der Waals surface area contributed by atoms with Crippen LogP contribution in [0.4, 0.5) is 5.69 Å². The molecule has 2 aromatic carbocycles. The number of rotatable bonds is 12. The lowest BCUT2D eigenvalue weighted by Crippen LogP contribution is -2.53. The maximum Gasteiger partial charge on any atom is 0.244 e. The van der Waals surface area contributed by atoms with Gasteiger partial charge in [-0.3, -0.25) is 13.9 Å². The van der Waals surface area contributed by atoms with Crippen LogP contribution in [-0.4, -0.2) is 57.1 Å². The number of hydrogen-bond acceptors (Lipinski definition) is 5. The molecule has 2 aromatic rings. The average Bonchev–Trinajstić information content (AvgIpc) is 2.83. The molecule has 1 N–H and O–H groups in total. The lowest BCUT2D eigenvalue weighted by atomic mass is 10.1. The number of sulfonamides is 1. The summed E-state index contributed by atoms with van der Waals surface area (Å²) in [5, 5.41) is 2.97. The topological polar surface area (TPSA) is 96.0 Å². The fourth-order valence-corrected chi connectivity index (χ4v) is 4.79. The summed E-state index contributed by atoms with van der Waals surface area (Å²) in [7, 11) is -2.20. The number of benzene rings is 2. The van der Waals surface area contributed by atoms with Crippen molar-refractivity contribution in [1.82, 2.24) is 10.2 Å². The maximum atomic E-state index is 13.8. The van der Waals surface area contributed by atoms with E-state index in [1.165, 1.54) is 4.90 Å². The number of carbonyl (C=O) groups excluding carboxylic acids is 2. The molecule has 2 amide bonds. The quantitative estimate of drug-likeness (QED) is 0.462. The summed E-state index contributed by atoms with van der Waals surface area (Å²) in [6, 6.07) is 11.8. The smallest absolute Gasteiger partial charge is 0.244 e. The van der Waals surface area contributed by atoms with E-state index in [9.17, 15) is 18.0 Å². The molecular formula is C27H39N3O5S. The molecule has 0 radical (unpaired) electrons. The Kier molecular flexibility index (Phi) is 10.3. The highest BCUT2D eigenvalue weighted by Crippen LogP contribution is 2.26. The second kappa shape index (κ2) is 12.8. The first-order valence-electron chi connectivity index (χ1n) is 12.2. The molecule has 9 heteroatoms. The van der Waals surface area contributed by atoms with E-state index >= 15 is 0 Å². The molecule has 0 unspecified atom stereocenters. The fourth-order valence-electron chi connectivity index (χ4n) is 3.89. The highest BCUT2D eigenvalue weighted by atomic mass is 32.2. The van der Waals surface area contributed by atoms with Crippen molar-refractivity contribution in [2.45, 2.75) is 66.1 Å². The maximum absolute atomic E-state index is 13.8. The Labute approximate surface area is 215 Å². The standard InChI is InChI=1S/C27H39N3O5S/c1-8-20(4)28-27(32)24(9-2)29(17-22-13-15-23(35-6)16-14-22)26(31)18-30(36(7,33)34)25-12-10-11-19(3)21(25)5/h10-16,20,24H,8-9,17-18H2,1-7H3,(H,28,32)/t20-,24-/m1/s1. The number of methoxy groups -OCH3 is 1. The van der Waals surface area contributed by atoms with Crippen molar-refractivity contribution < 1.29 is 22.7 Å². The first-order chi connectivity index (χ1) is 16.9. The molecule has 0 spiro atoms. The largest absolute Gasteiger partial charge is 0.497 e. The monoisotopic (exact) mass is 517 g/mol. The third kappa shape index (κ3) is 7.46. The second-order valence-electron chi connectivity index (χ2n) is 9.10. The lowest BCUT2D eigenvalue weighted by molar-refractivity contribution is -0.140. The zero-order valence-corrected chi connectivity index (χ0v) is 23.2. The SMILES string of the molecule is CC[C@@H](C)NC(=O)[C@@H](CC)N(Cc1ccc(OC)cc1)C(=O)CN(c1cccc(C)c1C)S(C)(=O)=O. The van der Waals surface area contributed by atoms with E-state index in [0.717, 1.165) is 33.7 Å². The van der Waals surface area contributed by atoms with Gasteiger partial charge in [-0.15, -0.1) is 0 Å². The van der Waals surface area contributed by atoms with Gasteiger partial charge in [0.25, 0.3) is 0 Å². The zero-order valence-electron chi connectivity index (χ0n) is 22.4. The highest BCUT2D eigenvalue weighted by Gasteiger charge is 2.32. The van der Waals surface area contributed by atoms with Crippen molar-refractivity contribution in [3.8, 4) is 5.75 Å². The Morgan fingerprint density at radius 1 is 1.03 bits per heavy atom. The summed E-state index contributed by atoms with van der Waals surface area (Å²) < 4.78 is 32.0. The Balaban J connectivity index is 2.48. The first-order valence-corrected chi connectivity index (χ1v) is 14.0. The van der Waals surface area contributed by atoms with Crippen LogP contribution in [-0.2, 0) is 26.2 Å². The van der Waals surface area contributed by atoms with E-state index in [1.54, 1.807) is 31.4 Å². The van der Waals surface area contributed by atoms with Gasteiger partial charge in [-0.2, -0.15) is 0 Å². The molecule has 36 heavy (non-hydrogen) atoms. The van der Waals surface area contributed by atoms with Crippen molar-refractivity contribution in [2.75, 3.05) is 24.2 Å². The molecule has 0 saturated heterocycles. The van der Waals surface area contributed by atoms with Crippen LogP contribution in [0.1, 0.15) is 50.3 Å². The Morgan fingerprint density at radius 3 is 2.19 bits per heavy atom. The van der Waals surface area contributed by atoms with E-state index in [0.29, 0.717) is 17.9 Å². The van der Waals surface area contributed by atoms with Crippen LogP contribution < -0.4 is 14.4 Å². The highest BCUT2D eigenvalue weighted by molar-refractivity contribution is 7.92. The minimum Gasteiger partial charge on any atom is -0.497 e. The molecule has 198 valence electrons. The van der Waals surface area contributed by atoms with Crippen LogP contribution in [0.15, 0.2) is 42.5 Å². The van der Waals surface area contributed by atoms with Gasteiger partial charge in [0, 0.05) is 12.6 Å². The van der Waals surface area contributed by atoms with Crippen LogP contribution in [0.3, 0.4) is 0 Å². The van der Waals surface area contributed by atoms with Gasteiger partial charge in [0.05, 0.1) is 19.1 Å². The van der Waals surface area contributed by atoms with E-state index in [2.05, 4.69) is 5.32 Å². The van der Waals surface area contributed by atoms with E-state index in [1.807, 2.05) is 52.8 Å². The molecule has 0 aromatic heterocycles. The van der Waals surface area contributed by atoms with Crippen molar-refractivity contribution in [3.05, 3.63) is 59.2 Å². The van der Waals surface area contributed by atoms with Gasteiger partial charge < -0.3 is 15.0 Å². The first kappa shape index (κ1) is 29.2. The van der Waals surface area contributed by atoms with E-state index < -0.39 is 28.5 Å². The summed E-state index contributed by atoms with van der Waals surface area (Å²) >= 11 is 0. The fraction of sp³-hybridized carbons (Fsp3) is 0.481. The minimum absolute atomic E-state index is 0.0491. The predicted octanol–water partition coefficient (Wildman–Crippen LogP) is 3.80. The molecule has 2 atom stereocenters. The molecule has 2 rings (SSSR count). The van der Waals surface area contributed by atoms with Crippen molar-refractivity contribution in [1.29, 1.82) is 0 Å². The van der Waals surface area contributed by atoms with Crippen molar-refractivity contribution in [2.24, 2.45) is 0 Å². The van der Waals surface area contributed by atoms with Crippen LogP contribution in [0, 0.1) is 13.8 Å². The van der Waals surface area contributed by atoms with Gasteiger partial charge in [0.15, 0.2) is 0 Å². The van der Waals surface area contributed by atoms with Crippen LogP contribution in [0.5, 0.6) is 5.75 Å². The minimum atomic E-state index is -3.77. The zero-order chi connectivity index (χ0) is 27.0. The number of amides is 2.